The molecule has 0 aromatic heterocycles. The van der Waals surface area contributed by atoms with Crippen LogP contribution >= 0.6 is 0 Å². The molecule has 0 unspecified atom stereocenters. The van der Waals surface area contributed by atoms with Gasteiger partial charge in [-0.05, 0) is 44.5 Å². The highest BCUT2D eigenvalue weighted by atomic mass is 16.3. The Morgan fingerprint density at radius 2 is 1.21 bits per heavy atom. The predicted molar refractivity (Wildman–Crippen MR) is 80.6 cm³/mol. The van der Waals surface area contributed by atoms with Gasteiger partial charge >= 0.3 is 0 Å². The van der Waals surface area contributed by atoms with Crippen molar-refractivity contribution >= 4 is 32.3 Å². The van der Waals surface area contributed by atoms with Crippen molar-refractivity contribution in [1.29, 1.82) is 0 Å². The van der Waals surface area contributed by atoms with Gasteiger partial charge in [0.15, 0.2) is 0 Å². The summed E-state index contributed by atoms with van der Waals surface area (Å²) in [6.07, 6.45) is 0. The van der Waals surface area contributed by atoms with Gasteiger partial charge in [-0.1, -0.05) is 54.6 Å². The molecule has 0 saturated heterocycles. The molecule has 0 spiro atoms. The van der Waals surface area contributed by atoms with E-state index in [0.29, 0.717) is 5.75 Å². The first kappa shape index (κ1) is 10.4. The minimum absolute atomic E-state index is 0.313. The SMILES string of the molecule is Oc1ccc2ccc3ccc4ccccc4c3c2c1. The lowest BCUT2D eigenvalue weighted by Gasteiger charge is -2.08. The maximum Gasteiger partial charge on any atom is 0.116 e. The maximum atomic E-state index is 9.76. The van der Waals surface area contributed by atoms with E-state index < -0.39 is 0 Å². The van der Waals surface area contributed by atoms with Crippen molar-refractivity contribution in [3.05, 3.63) is 66.7 Å². The highest BCUT2D eigenvalue weighted by Gasteiger charge is 2.05. The Hall–Kier alpha value is -2.54. The molecule has 0 aliphatic carbocycles. The highest BCUT2D eigenvalue weighted by Crippen LogP contribution is 2.33. The summed E-state index contributed by atoms with van der Waals surface area (Å²) in [6, 6.07) is 22.5. The number of aromatic hydroxyl groups is 1. The van der Waals surface area contributed by atoms with Crippen molar-refractivity contribution in [1.82, 2.24) is 0 Å². The Kier molecular flexibility index (Phi) is 2.04. The molecule has 90 valence electrons. The minimum atomic E-state index is 0.313. The summed E-state index contributed by atoms with van der Waals surface area (Å²) in [5, 5.41) is 16.9. The molecule has 0 aliphatic heterocycles. The number of rotatable bonds is 0. The average molecular weight is 244 g/mol. The van der Waals surface area contributed by atoms with Crippen LogP contribution in [-0.4, -0.2) is 5.11 Å². The quantitative estimate of drug-likeness (QED) is 0.438. The van der Waals surface area contributed by atoms with E-state index in [1.54, 1.807) is 6.07 Å². The Morgan fingerprint density at radius 1 is 0.579 bits per heavy atom. The lowest BCUT2D eigenvalue weighted by atomic mass is 9.96. The zero-order chi connectivity index (χ0) is 12.8. The van der Waals surface area contributed by atoms with Crippen LogP contribution in [0.1, 0.15) is 0 Å². The third-order valence-electron chi connectivity index (χ3n) is 3.71. The normalized spacial score (nSPS) is 11.4. The Morgan fingerprint density at radius 3 is 2.05 bits per heavy atom. The summed E-state index contributed by atoms with van der Waals surface area (Å²) >= 11 is 0. The predicted octanol–water partition coefficient (Wildman–Crippen LogP) is 4.85. The second-order valence-corrected chi connectivity index (χ2v) is 4.86. The van der Waals surface area contributed by atoms with Gasteiger partial charge < -0.3 is 5.11 Å². The number of hydrogen-bond acceptors (Lipinski definition) is 1. The largest absolute Gasteiger partial charge is 0.508 e. The third-order valence-corrected chi connectivity index (χ3v) is 3.71. The topological polar surface area (TPSA) is 20.2 Å². The van der Waals surface area contributed by atoms with Crippen molar-refractivity contribution in [3.8, 4) is 5.75 Å². The number of phenols is 1. The fraction of sp³-hybridized carbons (Fsp3) is 0. The number of fused-ring (bicyclic) bond motifs is 5. The van der Waals surface area contributed by atoms with Crippen LogP contribution in [-0.2, 0) is 0 Å². The Bertz CT molecular complexity index is 917. The Balaban J connectivity index is 2.36. The van der Waals surface area contributed by atoms with E-state index in [9.17, 15) is 5.11 Å². The molecule has 4 aromatic rings. The van der Waals surface area contributed by atoms with Crippen molar-refractivity contribution < 1.29 is 5.11 Å². The van der Waals surface area contributed by atoms with E-state index in [0.717, 1.165) is 10.8 Å². The molecule has 0 amide bonds. The smallest absolute Gasteiger partial charge is 0.116 e. The molecule has 1 N–H and O–H groups in total. The van der Waals surface area contributed by atoms with E-state index in [1.165, 1.54) is 21.5 Å². The first-order chi connectivity index (χ1) is 9.33. The molecule has 0 aliphatic rings. The van der Waals surface area contributed by atoms with Gasteiger partial charge in [0.2, 0.25) is 0 Å². The average Bonchev–Trinajstić information content (AvgIpc) is 2.46. The van der Waals surface area contributed by atoms with Crippen LogP contribution in [0.25, 0.3) is 32.3 Å². The maximum absolute atomic E-state index is 9.76. The van der Waals surface area contributed by atoms with Gasteiger partial charge in [-0.3, -0.25) is 0 Å². The summed E-state index contributed by atoms with van der Waals surface area (Å²) in [6.45, 7) is 0. The summed E-state index contributed by atoms with van der Waals surface area (Å²) in [5.41, 5.74) is 0. The first-order valence-electron chi connectivity index (χ1n) is 6.36. The molecule has 0 fully saturated rings. The zero-order valence-corrected chi connectivity index (χ0v) is 10.3. The second-order valence-electron chi connectivity index (χ2n) is 4.86. The standard InChI is InChI=1S/C18H12O/c19-15-10-9-13-6-8-14-7-5-12-3-1-2-4-16(12)18(14)17(13)11-15/h1-11,19H. The van der Waals surface area contributed by atoms with Crippen LogP contribution in [0.15, 0.2) is 66.7 Å². The van der Waals surface area contributed by atoms with E-state index >= 15 is 0 Å². The molecule has 0 saturated carbocycles. The van der Waals surface area contributed by atoms with Crippen molar-refractivity contribution in [2.75, 3.05) is 0 Å². The third kappa shape index (κ3) is 1.48. The van der Waals surface area contributed by atoms with Gasteiger partial charge in [0.05, 0.1) is 0 Å². The molecule has 1 heteroatoms. The van der Waals surface area contributed by atoms with Crippen molar-refractivity contribution in [2.45, 2.75) is 0 Å². The summed E-state index contributed by atoms with van der Waals surface area (Å²) in [5.74, 6) is 0.313. The van der Waals surface area contributed by atoms with Crippen LogP contribution < -0.4 is 0 Å². The van der Waals surface area contributed by atoms with Gasteiger partial charge in [0.25, 0.3) is 0 Å². The van der Waals surface area contributed by atoms with E-state index in [-0.39, 0.29) is 0 Å². The molecular formula is C18H12O. The van der Waals surface area contributed by atoms with Crippen LogP contribution in [0.2, 0.25) is 0 Å². The second kappa shape index (κ2) is 3.72. The summed E-state index contributed by atoms with van der Waals surface area (Å²) in [4.78, 5) is 0. The molecule has 0 atom stereocenters. The zero-order valence-electron chi connectivity index (χ0n) is 10.3. The molecule has 1 nitrogen and oxygen atoms in total. The van der Waals surface area contributed by atoms with E-state index in [1.807, 2.05) is 12.1 Å². The number of hydrogen-bond donors (Lipinski definition) is 1. The molecule has 4 rings (SSSR count). The summed E-state index contributed by atoms with van der Waals surface area (Å²) in [7, 11) is 0. The molecule has 0 heterocycles. The lowest BCUT2D eigenvalue weighted by Crippen LogP contribution is -1.80. The molecule has 4 aromatic carbocycles. The fourth-order valence-corrected chi connectivity index (χ4v) is 2.81. The monoisotopic (exact) mass is 244 g/mol. The number of benzene rings is 4. The Labute approximate surface area is 110 Å². The molecule has 0 bridgehead atoms. The van der Waals surface area contributed by atoms with E-state index in [2.05, 4.69) is 48.5 Å². The highest BCUT2D eigenvalue weighted by molar-refractivity contribution is 6.20. The van der Waals surface area contributed by atoms with Gasteiger partial charge in [0, 0.05) is 0 Å². The van der Waals surface area contributed by atoms with Crippen LogP contribution in [0, 0.1) is 0 Å². The van der Waals surface area contributed by atoms with Crippen LogP contribution in [0.5, 0.6) is 5.75 Å². The first-order valence-corrected chi connectivity index (χ1v) is 6.36. The van der Waals surface area contributed by atoms with E-state index in [4.69, 9.17) is 0 Å². The molecule has 0 radical (unpaired) electrons. The molecule has 19 heavy (non-hydrogen) atoms. The lowest BCUT2D eigenvalue weighted by molar-refractivity contribution is 0.476. The van der Waals surface area contributed by atoms with Crippen molar-refractivity contribution in [3.63, 3.8) is 0 Å². The summed E-state index contributed by atoms with van der Waals surface area (Å²) < 4.78 is 0. The number of phenolic OH excluding ortho intramolecular Hbond substituents is 1. The van der Waals surface area contributed by atoms with Gasteiger partial charge in [-0.25, -0.2) is 0 Å². The fourth-order valence-electron chi connectivity index (χ4n) is 2.81. The van der Waals surface area contributed by atoms with Gasteiger partial charge in [-0.15, -0.1) is 0 Å². The van der Waals surface area contributed by atoms with Gasteiger partial charge in [-0.2, -0.15) is 0 Å². The molecular weight excluding hydrogens is 232 g/mol. The van der Waals surface area contributed by atoms with Crippen molar-refractivity contribution in [2.24, 2.45) is 0 Å². The minimum Gasteiger partial charge on any atom is -0.508 e. The van der Waals surface area contributed by atoms with Crippen LogP contribution in [0.3, 0.4) is 0 Å². The van der Waals surface area contributed by atoms with Gasteiger partial charge in [0.1, 0.15) is 5.75 Å². The van der Waals surface area contributed by atoms with Crippen LogP contribution in [0.4, 0.5) is 0 Å².